The van der Waals surface area contributed by atoms with Gasteiger partial charge in [-0.25, -0.2) is 4.98 Å². The van der Waals surface area contributed by atoms with Gasteiger partial charge >= 0.3 is 0 Å². The highest BCUT2D eigenvalue weighted by Gasteiger charge is 2.31. The lowest BCUT2D eigenvalue weighted by atomic mass is 10.2. The smallest absolute Gasteiger partial charge is 0.208 e. The van der Waals surface area contributed by atoms with E-state index in [1.165, 1.54) is 19.3 Å². The summed E-state index contributed by atoms with van der Waals surface area (Å²) in [6, 6.07) is 0.535. The van der Waals surface area contributed by atoms with E-state index in [9.17, 15) is 0 Å². The highest BCUT2D eigenvalue weighted by atomic mass is 16.4. The van der Waals surface area contributed by atoms with Crippen LogP contribution >= 0.6 is 0 Å². The molecule has 1 saturated heterocycles. The third kappa shape index (κ3) is 3.23. The molecule has 1 aliphatic carbocycles. The third-order valence-corrected chi connectivity index (χ3v) is 5.23. The SMILES string of the molecule is Cc1cnc(CN(C)[C@@H]2CCN(Cc3nnc(C4CC4)n3C)C2)o1. The molecule has 2 fully saturated rings. The van der Waals surface area contributed by atoms with Crippen LogP contribution in [-0.2, 0) is 20.1 Å². The first-order valence-corrected chi connectivity index (χ1v) is 8.82. The van der Waals surface area contributed by atoms with Crippen LogP contribution in [0.5, 0.6) is 0 Å². The highest BCUT2D eigenvalue weighted by molar-refractivity contribution is 5.08. The van der Waals surface area contributed by atoms with Crippen molar-refractivity contribution in [1.82, 2.24) is 29.5 Å². The minimum atomic E-state index is 0.535. The largest absolute Gasteiger partial charge is 0.445 e. The molecule has 7 heteroatoms. The van der Waals surface area contributed by atoms with Crippen molar-refractivity contribution < 1.29 is 4.42 Å². The Balaban J connectivity index is 1.32. The van der Waals surface area contributed by atoms with Crippen molar-refractivity contribution >= 4 is 0 Å². The van der Waals surface area contributed by atoms with Gasteiger partial charge in [0.2, 0.25) is 5.89 Å². The number of likely N-dealkylation sites (tertiary alicyclic amines) is 1. The Bertz CT molecular complexity index is 704. The lowest BCUT2D eigenvalue weighted by molar-refractivity contribution is 0.203. The molecule has 0 amide bonds. The molecule has 0 bridgehead atoms. The number of rotatable bonds is 6. The summed E-state index contributed by atoms with van der Waals surface area (Å²) in [5, 5.41) is 8.80. The van der Waals surface area contributed by atoms with Gasteiger partial charge in [0.25, 0.3) is 0 Å². The van der Waals surface area contributed by atoms with Gasteiger partial charge in [-0.2, -0.15) is 0 Å². The van der Waals surface area contributed by atoms with E-state index in [1.54, 1.807) is 6.20 Å². The van der Waals surface area contributed by atoms with Crippen molar-refractivity contribution in [3.63, 3.8) is 0 Å². The Morgan fingerprint density at radius 2 is 2.12 bits per heavy atom. The number of hydrogen-bond donors (Lipinski definition) is 0. The summed E-state index contributed by atoms with van der Waals surface area (Å²) >= 11 is 0. The zero-order chi connectivity index (χ0) is 16.7. The molecule has 2 aliphatic rings. The minimum absolute atomic E-state index is 0.535. The molecule has 1 atom stereocenters. The van der Waals surface area contributed by atoms with Crippen LogP contribution in [0, 0.1) is 6.92 Å². The summed E-state index contributed by atoms with van der Waals surface area (Å²) in [6.07, 6.45) is 5.49. The predicted molar refractivity (Wildman–Crippen MR) is 89.4 cm³/mol. The van der Waals surface area contributed by atoms with E-state index in [-0.39, 0.29) is 0 Å². The van der Waals surface area contributed by atoms with E-state index in [2.05, 4.69) is 43.6 Å². The van der Waals surface area contributed by atoms with Crippen LogP contribution < -0.4 is 0 Å². The summed E-state index contributed by atoms with van der Waals surface area (Å²) < 4.78 is 7.79. The molecule has 0 aromatic carbocycles. The Labute approximate surface area is 142 Å². The monoisotopic (exact) mass is 330 g/mol. The van der Waals surface area contributed by atoms with Crippen LogP contribution in [-0.4, -0.2) is 55.7 Å². The Hall–Kier alpha value is -1.73. The molecule has 7 nitrogen and oxygen atoms in total. The minimum Gasteiger partial charge on any atom is -0.445 e. The van der Waals surface area contributed by atoms with E-state index in [0.717, 1.165) is 49.5 Å². The van der Waals surface area contributed by atoms with Crippen LogP contribution in [0.4, 0.5) is 0 Å². The lowest BCUT2D eigenvalue weighted by Crippen LogP contribution is -2.34. The molecule has 4 rings (SSSR count). The van der Waals surface area contributed by atoms with Crippen molar-refractivity contribution in [2.75, 3.05) is 20.1 Å². The average Bonchev–Trinajstić information content (AvgIpc) is 2.97. The molecule has 0 N–H and O–H groups in total. The van der Waals surface area contributed by atoms with Gasteiger partial charge in [0.05, 0.1) is 19.3 Å². The van der Waals surface area contributed by atoms with Gasteiger partial charge in [-0.15, -0.1) is 10.2 Å². The molecule has 3 heterocycles. The Kier molecular flexibility index (Phi) is 4.14. The molecule has 24 heavy (non-hydrogen) atoms. The van der Waals surface area contributed by atoms with Gasteiger partial charge in [-0.05, 0) is 33.2 Å². The summed E-state index contributed by atoms with van der Waals surface area (Å²) in [6.45, 7) is 5.75. The van der Waals surface area contributed by atoms with E-state index in [4.69, 9.17) is 4.42 Å². The topological polar surface area (TPSA) is 63.2 Å². The number of likely N-dealkylation sites (N-methyl/N-ethyl adjacent to an activating group) is 1. The maximum Gasteiger partial charge on any atom is 0.208 e. The standard InChI is InChI=1S/C17H26N6O/c1-12-8-18-16(24-12)11-21(2)14-6-7-23(9-14)10-15-19-20-17(22(15)3)13-4-5-13/h8,13-14H,4-7,9-11H2,1-3H3/t14-/m1/s1. The maximum atomic E-state index is 5.60. The van der Waals surface area contributed by atoms with E-state index < -0.39 is 0 Å². The van der Waals surface area contributed by atoms with Crippen molar-refractivity contribution in [3.8, 4) is 0 Å². The van der Waals surface area contributed by atoms with Gasteiger partial charge in [-0.1, -0.05) is 0 Å². The molecular formula is C17H26N6O. The Morgan fingerprint density at radius 1 is 1.29 bits per heavy atom. The molecule has 1 aliphatic heterocycles. The first-order valence-electron chi connectivity index (χ1n) is 8.82. The summed E-state index contributed by atoms with van der Waals surface area (Å²) in [5.41, 5.74) is 0. The first-order chi connectivity index (χ1) is 11.6. The fourth-order valence-electron chi connectivity index (χ4n) is 3.54. The highest BCUT2D eigenvalue weighted by Crippen LogP contribution is 2.38. The van der Waals surface area contributed by atoms with Crippen LogP contribution in [0.25, 0.3) is 0 Å². The number of nitrogens with zero attached hydrogens (tertiary/aromatic N) is 6. The molecule has 2 aromatic heterocycles. The first kappa shape index (κ1) is 15.8. The number of aryl methyl sites for hydroxylation is 1. The van der Waals surface area contributed by atoms with Crippen LogP contribution in [0.15, 0.2) is 10.6 Å². The van der Waals surface area contributed by atoms with E-state index in [0.29, 0.717) is 12.0 Å². The van der Waals surface area contributed by atoms with Gasteiger partial charge in [0.1, 0.15) is 17.4 Å². The summed E-state index contributed by atoms with van der Waals surface area (Å²) in [5.74, 6) is 4.58. The summed E-state index contributed by atoms with van der Waals surface area (Å²) in [7, 11) is 4.26. The summed E-state index contributed by atoms with van der Waals surface area (Å²) in [4.78, 5) is 9.13. The van der Waals surface area contributed by atoms with Crippen molar-refractivity contribution in [3.05, 3.63) is 29.5 Å². The molecule has 1 saturated carbocycles. The third-order valence-electron chi connectivity index (χ3n) is 5.23. The van der Waals surface area contributed by atoms with Crippen molar-refractivity contribution in [2.24, 2.45) is 7.05 Å². The number of aromatic nitrogens is 4. The van der Waals surface area contributed by atoms with Gasteiger partial charge in [0.15, 0.2) is 0 Å². The van der Waals surface area contributed by atoms with Crippen LogP contribution in [0.2, 0.25) is 0 Å². The van der Waals surface area contributed by atoms with E-state index >= 15 is 0 Å². The fourth-order valence-corrected chi connectivity index (χ4v) is 3.54. The second-order valence-electron chi connectivity index (χ2n) is 7.27. The predicted octanol–water partition coefficient (Wildman–Crippen LogP) is 1.70. The molecule has 0 radical (unpaired) electrons. The number of oxazole rings is 1. The maximum absolute atomic E-state index is 5.60. The van der Waals surface area contributed by atoms with Gasteiger partial charge in [0, 0.05) is 32.1 Å². The van der Waals surface area contributed by atoms with Crippen LogP contribution in [0.3, 0.4) is 0 Å². The number of hydrogen-bond acceptors (Lipinski definition) is 6. The zero-order valence-electron chi connectivity index (χ0n) is 14.8. The van der Waals surface area contributed by atoms with Crippen molar-refractivity contribution in [1.29, 1.82) is 0 Å². The molecule has 130 valence electrons. The average molecular weight is 330 g/mol. The molecular weight excluding hydrogens is 304 g/mol. The second-order valence-corrected chi connectivity index (χ2v) is 7.27. The van der Waals surface area contributed by atoms with Gasteiger partial charge < -0.3 is 8.98 Å². The molecule has 0 unspecified atom stereocenters. The zero-order valence-corrected chi connectivity index (χ0v) is 14.8. The lowest BCUT2D eigenvalue weighted by Gasteiger charge is -2.23. The molecule has 2 aromatic rings. The quantitative estimate of drug-likeness (QED) is 0.803. The molecule has 0 spiro atoms. The van der Waals surface area contributed by atoms with Gasteiger partial charge in [-0.3, -0.25) is 9.80 Å². The van der Waals surface area contributed by atoms with E-state index in [1.807, 2.05) is 6.92 Å². The normalized spacial score (nSPS) is 21.9. The van der Waals surface area contributed by atoms with Crippen LogP contribution in [0.1, 0.15) is 48.5 Å². The second kappa shape index (κ2) is 6.29. The Morgan fingerprint density at radius 3 is 2.83 bits per heavy atom. The fraction of sp³-hybridized carbons (Fsp3) is 0.706. The van der Waals surface area contributed by atoms with Crippen molar-refractivity contribution in [2.45, 2.75) is 51.2 Å².